The summed E-state index contributed by atoms with van der Waals surface area (Å²) in [5.41, 5.74) is 0. The highest BCUT2D eigenvalue weighted by molar-refractivity contribution is 5.78. The van der Waals surface area contributed by atoms with E-state index in [1.165, 1.54) is 12.8 Å². The summed E-state index contributed by atoms with van der Waals surface area (Å²) in [5, 5.41) is 12.8. The first-order chi connectivity index (χ1) is 7.70. The van der Waals surface area contributed by atoms with Gasteiger partial charge in [0.15, 0.2) is 0 Å². The molecule has 2 N–H and O–H groups in total. The van der Waals surface area contributed by atoms with E-state index in [4.69, 9.17) is 0 Å². The molecule has 2 atom stereocenters. The Hall–Kier alpha value is -0.610. The number of carbonyl (C=O) groups is 1. The van der Waals surface area contributed by atoms with E-state index in [2.05, 4.69) is 5.32 Å². The Kier molecular flexibility index (Phi) is 3.82. The second-order valence-electron chi connectivity index (χ2n) is 5.17. The van der Waals surface area contributed by atoms with Crippen LogP contribution >= 0.6 is 0 Å². The molecule has 1 heterocycles. The maximum Gasteiger partial charge on any atom is 0.236 e. The molecule has 2 fully saturated rings. The lowest BCUT2D eigenvalue weighted by atomic mass is 9.90. The third kappa shape index (κ3) is 2.95. The standard InChI is InChI=1S/C12H22N2O2/c1-13-7-12(16)14-5-4-11(15)10(8-14)6-9-2-3-9/h9-11,13,15H,2-8H2,1H3/t10-,11-/m1/s1. The molecule has 2 aliphatic rings. The van der Waals surface area contributed by atoms with Crippen molar-refractivity contribution in [1.29, 1.82) is 0 Å². The van der Waals surface area contributed by atoms with Gasteiger partial charge in [0.2, 0.25) is 5.91 Å². The number of aliphatic hydroxyl groups is 1. The Morgan fingerprint density at radius 1 is 1.44 bits per heavy atom. The number of nitrogens with zero attached hydrogens (tertiary/aromatic N) is 1. The third-order valence-corrected chi connectivity index (χ3v) is 3.71. The molecule has 0 bridgehead atoms. The van der Waals surface area contributed by atoms with Gasteiger partial charge in [-0.1, -0.05) is 12.8 Å². The van der Waals surface area contributed by atoms with E-state index in [1.54, 1.807) is 7.05 Å². The van der Waals surface area contributed by atoms with Gasteiger partial charge < -0.3 is 15.3 Å². The van der Waals surface area contributed by atoms with E-state index in [9.17, 15) is 9.90 Å². The van der Waals surface area contributed by atoms with Crippen LogP contribution < -0.4 is 5.32 Å². The second kappa shape index (κ2) is 5.15. The molecule has 0 radical (unpaired) electrons. The molecule has 1 saturated carbocycles. The van der Waals surface area contributed by atoms with Gasteiger partial charge in [0.25, 0.3) is 0 Å². The number of carbonyl (C=O) groups excluding carboxylic acids is 1. The minimum Gasteiger partial charge on any atom is -0.393 e. The van der Waals surface area contributed by atoms with Gasteiger partial charge in [-0.3, -0.25) is 4.79 Å². The predicted octanol–water partition coefficient (Wildman–Crippen LogP) is 0.215. The second-order valence-corrected chi connectivity index (χ2v) is 5.17. The van der Waals surface area contributed by atoms with Crippen LogP contribution in [0.1, 0.15) is 25.7 Å². The van der Waals surface area contributed by atoms with E-state index in [1.807, 2.05) is 4.90 Å². The van der Waals surface area contributed by atoms with Gasteiger partial charge in [-0.2, -0.15) is 0 Å². The largest absolute Gasteiger partial charge is 0.393 e. The van der Waals surface area contributed by atoms with Crippen molar-refractivity contribution in [1.82, 2.24) is 10.2 Å². The third-order valence-electron chi connectivity index (χ3n) is 3.71. The number of amides is 1. The van der Waals surface area contributed by atoms with Gasteiger partial charge in [0.1, 0.15) is 0 Å². The summed E-state index contributed by atoms with van der Waals surface area (Å²) in [7, 11) is 1.79. The van der Waals surface area contributed by atoms with Gasteiger partial charge in [0, 0.05) is 19.0 Å². The number of likely N-dealkylation sites (N-methyl/N-ethyl adjacent to an activating group) is 1. The van der Waals surface area contributed by atoms with Crippen molar-refractivity contribution in [2.24, 2.45) is 11.8 Å². The number of rotatable bonds is 4. The number of hydrogen-bond acceptors (Lipinski definition) is 3. The molecule has 1 aliphatic carbocycles. The molecule has 0 aromatic heterocycles. The van der Waals surface area contributed by atoms with Crippen LogP contribution in [0.3, 0.4) is 0 Å². The van der Waals surface area contributed by atoms with Crippen molar-refractivity contribution in [3.63, 3.8) is 0 Å². The SMILES string of the molecule is CNCC(=O)N1CC[C@@H](O)[C@H](CC2CC2)C1. The fourth-order valence-corrected chi connectivity index (χ4v) is 2.52. The zero-order chi connectivity index (χ0) is 11.5. The van der Waals surface area contributed by atoms with Crippen LogP contribution in [0, 0.1) is 11.8 Å². The van der Waals surface area contributed by atoms with Crippen LogP contribution in [-0.4, -0.2) is 48.7 Å². The van der Waals surface area contributed by atoms with Crippen molar-refractivity contribution in [2.75, 3.05) is 26.7 Å². The number of piperidine rings is 1. The summed E-state index contributed by atoms with van der Waals surface area (Å²) in [6.07, 6.45) is 4.28. The zero-order valence-electron chi connectivity index (χ0n) is 9.98. The fraction of sp³-hybridized carbons (Fsp3) is 0.917. The topological polar surface area (TPSA) is 52.6 Å². The summed E-state index contributed by atoms with van der Waals surface area (Å²) >= 11 is 0. The van der Waals surface area contributed by atoms with E-state index in [0.29, 0.717) is 19.0 Å². The van der Waals surface area contributed by atoms with Crippen LogP contribution in [0.4, 0.5) is 0 Å². The van der Waals surface area contributed by atoms with E-state index >= 15 is 0 Å². The highest BCUT2D eigenvalue weighted by Crippen LogP contribution is 2.37. The lowest BCUT2D eigenvalue weighted by molar-refractivity contribution is -0.134. The van der Waals surface area contributed by atoms with Gasteiger partial charge in [-0.05, 0) is 25.8 Å². The molecule has 2 rings (SSSR count). The molecule has 4 nitrogen and oxygen atoms in total. The first-order valence-electron chi connectivity index (χ1n) is 6.31. The summed E-state index contributed by atoms with van der Waals surface area (Å²) in [4.78, 5) is 13.6. The molecule has 0 unspecified atom stereocenters. The lowest BCUT2D eigenvalue weighted by Gasteiger charge is -2.36. The average molecular weight is 226 g/mol. The molecule has 92 valence electrons. The Labute approximate surface area is 97.0 Å². The molecular weight excluding hydrogens is 204 g/mol. The highest BCUT2D eigenvalue weighted by atomic mass is 16.3. The summed E-state index contributed by atoms with van der Waals surface area (Å²) in [6, 6.07) is 0. The van der Waals surface area contributed by atoms with Crippen molar-refractivity contribution in [3.05, 3.63) is 0 Å². The summed E-state index contributed by atoms with van der Waals surface area (Å²) in [5.74, 6) is 1.29. The van der Waals surface area contributed by atoms with E-state index in [-0.39, 0.29) is 12.0 Å². The smallest absolute Gasteiger partial charge is 0.236 e. The molecule has 1 saturated heterocycles. The lowest BCUT2D eigenvalue weighted by Crippen LogP contribution is -2.48. The van der Waals surface area contributed by atoms with Gasteiger partial charge in [-0.15, -0.1) is 0 Å². The molecule has 1 amide bonds. The Morgan fingerprint density at radius 2 is 2.19 bits per heavy atom. The van der Waals surface area contributed by atoms with Crippen LogP contribution in [-0.2, 0) is 4.79 Å². The van der Waals surface area contributed by atoms with Crippen molar-refractivity contribution in [2.45, 2.75) is 31.8 Å². The summed E-state index contributed by atoms with van der Waals surface area (Å²) < 4.78 is 0. The fourth-order valence-electron chi connectivity index (χ4n) is 2.52. The monoisotopic (exact) mass is 226 g/mol. The quantitative estimate of drug-likeness (QED) is 0.721. The molecular formula is C12H22N2O2. The first kappa shape index (κ1) is 11.9. The van der Waals surface area contributed by atoms with Crippen molar-refractivity contribution >= 4 is 5.91 Å². The maximum absolute atomic E-state index is 11.7. The molecule has 0 aromatic rings. The highest BCUT2D eigenvalue weighted by Gasteiger charge is 2.34. The van der Waals surface area contributed by atoms with E-state index < -0.39 is 0 Å². The first-order valence-corrected chi connectivity index (χ1v) is 6.31. The molecule has 4 heteroatoms. The molecule has 1 aliphatic heterocycles. The Morgan fingerprint density at radius 3 is 2.81 bits per heavy atom. The van der Waals surface area contributed by atoms with Crippen LogP contribution in [0.2, 0.25) is 0 Å². The van der Waals surface area contributed by atoms with Crippen LogP contribution in [0.25, 0.3) is 0 Å². The van der Waals surface area contributed by atoms with Crippen molar-refractivity contribution in [3.8, 4) is 0 Å². The minimum absolute atomic E-state index is 0.162. The number of nitrogens with one attached hydrogen (secondary N) is 1. The zero-order valence-corrected chi connectivity index (χ0v) is 9.98. The van der Waals surface area contributed by atoms with Gasteiger partial charge in [-0.25, -0.2) is 0 Å². The molecule has 0 spiro atoms. The minimum atomic E-state index is -0.195. The maximum atomic E-state index is 11.7. The Bertz CT molecular complexity index is 253. The normalized spacial score (nSPS) is 30.5. The molecule has 0 aromatic carbocycles. The average Bonchev–Trinajstić information content (AvgIpc) is 3.05. The number of aliphatic hydroxyl groups excluding tert-OH is 1. The van der Waals surface area contributed by atoms with Gasteiger partial charge in [0.05, 0.1) is 12.6 Å². The van der Waals surface area contributed by atoms with Crippen LogP contribution in [0.15, 0.2) is 0 Å². The Balaban J connectivity index is 1.84. The van der Waals surface area contributed by atoms with E-state index in [0.717, 1.165) is 25.3 Å². The predicted molar refractivity (Wildman–Crippen MR) is 62.0 cm³/mol. The molecule has 16 heavy (non-hydrogen) atoms. The summed E-state index contributed by atoms with van der Waals surface area (Å²) in [6.45, 7) is 1.87. The van der Waals surface area contributed by atoms with Crippen molar-refractivity contribution < 1.29 is 9.90 Å². The number of likely N-dealkylation sites (tertiary alicyclic amines) is 1. The van der Waals surface area contributed by atoms with Crippen LogP contribution in [0.5, 0.6) is 0 Å². The number of hydrogen-bond donors (Lipinski definition) is 2. The van der Waals surface area contributed by atoms with Gasteiger partial charge >= 0.3 is 0 Å².